The van der Waals surface area contributed by atoms with Gasteiger partial charge in [0.15, 0.2) is 0 Å². The number of likely N-dealkylation sites (N-methyl/N-ethyl adjacent to an activating group) is 1. The Hall–Kier alpha value is -7.50. The molecule has 3 aromatic heterocycles. The fourth-order valence-electron chi connectivity index (χ4n) is 13.6. The summed E-state index contributed by atoms with van der Waals surface area (Å²) in [5.41, 5.74) is 7.75. The SMILES string of the molecule is CCN(CC)[C@@H](C(=O)N1[C@@H]2[C@H](C)[C@@H]2C[C@H]1c1ncc(-c2ccc3c(c2)cc2n3C(c3ccc4c(c3)OCCC4)Oc3cc(-c4cnc([C@@H]5CCCN5C(=O)[C@@H](NC(=O)OC)C5CCOCC5)[nH]4)cc(F)c3-2)[nH]1)c1ccccc1. The molecule has 5 aliphatic heterocycles. The highest BCUT2D eigenvalue weighted by atomic mass is 19.1. The highest BCUT2D eigenvalue weighted by molar-refractivity contribution is 5.93. The molecular formula is C61H66FN9O7. The average Bonchev–Trinajstić information content (AvgIpc) is 4.31. The first-order valence-electron chi connectivity index (χ1n) is 28.0. The number of likely N-dealkylation sites (tertiary alicyclic amines) is 2. The zero-order valence-corrected chi connectivity index (χ0v) is 44.5. The third-order valence-corrected chi connectivity index (χ3v) is 17.7. The van der Waals surface area contributed by atoms with E-state index < -0.39 is 24.2 Å². The fourth-order valence-corrected chi connectivity index (χ4v) is 13.6. The Bertz CT molecular complexity index is 3420. The monoisotopic (exact) mass is 1060 g/mol. The number of H-pyrrole nitrogens is 2. The van der Waals surface area contributed by atoms with Crippen molar-refractivity contribution in [2.45, 2.75) is 102 Å². The van der Waals surface area contributed by atoms with Crippen molar-refractivity contribution in [3.63, 3.8) is 0 Å². The molecule has 4 aromatic carbocycles. The number of carbonyl (C=O) groups excluding carboxylic acids is 3. The number of carbonyl (C=O) groups is 3. The number of benzene rings is 4. The number of halogens is 1. The number of fused-ring (bicyclic) bond motifs is 7. The molecular weight excluding hydrogens is 990 g/mol. The van der Waals surface area contributed by atoms with Crippen LogP contribution in [0.25, 0.3) is 44.7 Å². The van der Waals surface area contributed by atoms with Crippen LogP contribution >= 0.6 is 0 Å². The molecule has 13 rings (SSSR count). The summed E-state index contributed by atoms with van der Waals surface area (Å²) in [5, 5.41) is 3.71. The number of ether oxygens (including phenoxy) is 4. The number of hydrogen-bond acceptors (Lipinski definition) is 10. The summed E-state index contributed by atoms with van der Waals surface area (Å²) in [6.45, 7) is 10.2. The van der Waals surface area contributed by atoms with Gasteiger partial charge in [-0.1, -0.05) is 69.3 Å². The molecule has 3 N–H and O–H groups in total. The van der Waals surface area contributed by atoms with Crippen LogP contribution in [-0.2, 0) is 25.5 Å². The van der Waals surface area contributed by atoms with Gasteiger partial charge in [0.25, 0.3) is 0 Å². The molecule has 1 unspecified atom stereocenters. The molecule has 3 amide bonds. The number of aromatic amines is 2. The minimum absolute atomic E-state index is 0.0979. The van der Waals surface area contributed by atoms with Crippen molar-refractivity contribution in [3.05, 3.63) is 131 Å². The minimum atomic E-state index is -0.768. The number of alkyl carbamates (subject to hydrolysis) is 1. The van der Waals surface area contributed by atoms with Gasteiger partial charge in [-0.05, 0) is 123 Å². The van der Waals surface area contributed by atoms with E-state index in [9.17, 15) is 14.4 Å². The van der Waals surface area contributed by atoms with Crippen molar-refractivity contribution in [1.82, 2.24) is 44.5 Å². The van der Waals surface area contributed by atoms with Gasteiger partial charge in [-0.3, -0.25) is 14.5 Å². The second-order valence-corrected chi connectivity index (χ2v) is 22.0. The third kappa shape index (κ3) is 8.69. The van der Waals surface area contributed by atoms with Crippen LogP contribution in [0.2, 0.25) is 0 Å². The van der Waals surface area contributed by atoms with E-state index in [1.165, 1.54) is 13.2 Å². The van der Waals surface area contributed by atoms with Crippen molar-refractivity contribution in [2.24, 2.45) is 17.8 Å². The molecule has 4 fully saturated rings. The molecule has 404 valence electrons. The number of aryl methyl sites for hydroxylation is 1. The highest BCUT2D eigenvalue weighted by Gasteiger charge is 2.61. The zero-order valence-electron chi connectivity index (χ0n) is 44.5. The van der Waals surface area contributed by atoms with E-state index in [1.807, 2.05) is 36.5 Å². The molecule has 17 heteroatoms. The van der Waals surface area contributed by atoms with Gasteiger partial charge in [0, 0.05) is 47.9 Å². The molecule has 7 aromatic rings. The molecule has 8 heterocycles. The molecule has 8 atom stereocenters. The van der Waals surface area contributed by atoms with Gasteiger partial charge in [-0.2, -0.15) is 0 Å². The first-order valence-corrected chi connectivity index (χ1v) is 28.0. The molecule has 0 radical (unpaired) electrons. The highest BCUT2D eigenvalue weighted by Crippen LogP contribution is 2.58. The maximum Gasteiger partial charge on any atom is 0.407 e. The lowest BCUT2D eigenvalue weighted by molar-refractivity contribution is -0.140. The van der Waals surface area contributed by atoms with E-state index in [2.05, 4.69) is 99.0 Å². The lowest BCUT2D eigenvalue weighted by atomic mass is 9.90. The molecule has 6 aliphatic rings. The van der Waals surface area contributed by atoms with Gasteiger partial charge >= 0.3 is 6.09 Å². The van der Waals surface area contributed by atoms with Crippen LogP contribution in [-0.4, -0.2) is 116 Å². The lowest BCUT2D eigenvalue weighted by Crippen LogP contribution is -2.53. The first kappa shape index (κ1) is 50.0. The summed E-state index contributed by atoms with van der Waals surface area (Å²) in [7, 11) is 1.29. The van der Waals surface area contributed by atoms with E-state index in [0.717, 1.165) is 89.2 Å². The van der Waals surface area contributed by atoms with Crippen LogP contribution < -0.4 is 14.8 Å². The number of amides is 3. The standard InChI is InChI=1S/C61H66FN9O7/c1-5-68(6-2)55(37-12-8-7-9-13-37)59(73)71-49(31-42-34(3)54(42)71)57-64-32-44(65-57)38-18-19-46-41(26-38)28-48-52-43(62)27-40(30-51(52)78-60(70(46)48)39-17-16-35-14-11-23-77-50(35)29-39)45-33-63-56(66-45)47-15-10-22-69(47)58(72)53(67-61(74)75-4)36-20-24-76-25-21-36/h7-9,12-13,16-19,26-30,32-34,36,42,47,49,53-55,60H,5-6,10-11,14-15,20-25,31H2,1-4H3,(H,63,66)(H,64,65)(H,67,74)/t34-,42+,47+,49+,53+,54-,55-,60?/m1/s1. The Balaban J connectivity index is 0.824. The average molecular weight is 1060 g/mol. The van der Waals surface area contributed by atoms with Crippen molar-refractivity contribution in [3.8, 4) is 45.3 Å². The molecule has 1 aliphatic carbocycles. The topological polar surface area (TPSA) is 172 Å². The van der Waals surface area contributed by atoms with Crippen molar-refractivity contribution in [2.75, 3.05) is 46.6 Å². The van der Waals surface area contributed by atoms with Crippen molar-refractivity contribution < 1.29 is 37.7 Å². The van der Waals surface area contributed by atoms with Gasteiger partial charge in [0.2, 0.25) is 18.0 Å². The van der Waals surface area contributed by atoms with Crippen molar-refractivity contribution in [1.29, 1.82) is 0 Å². The van der Waals surface area contributed by atoms with Crippen LogP contribution in [0.3, 0.4) is 0 Å². The van der Waals surface area contributed by atoms with Gasteiger partial charge in [-0.15, -0.1) is 0 Å². The number of hydrogen-bond donors (Lipinski definition) is 3. The second kappa shape index (κ2) is 20.4. The summed E-state index contributed by atoms with van der Waals surface area (Å²) >= 11 is 0. The predicted molar refractivity (Wildman–Crippen MR) is 291 cm³/mol. The summed E-state index contributed by atoms with van der Waals surface area (Å²) < 4.78 is 43.0. The van der Waals surface area contributed by atoms with Crippen molar-refractivity contribution >= 4 is 28.8 Å². The third-order valence-electron chi connectivity index (χ3n) is 17.7. The summed E-state index contributed by atoms with van der Waals surface area (Å²) in [6.07, 6.45) is 7.67. The Morgan fingerprint density at radius 1 is 0.846 bits per heavy atom. The summed E-state index contributed by atoms with van der Waals surface area (Å²) in [6, 6.07) is 26.5. The van der Waals surface area contributed by atoms with E-state index in [4.69, 9.17) is 28.9 Å². The van der Waals surface area contributed by atoms with Crippen LogP contribution in [0, 0.1) is 23.6 Å². The summed E-state index contributed by atoms with van der Waals surface area (Å²) in [4.78, 5) is 64.8. The van der Waals surface area contributed by atoms with E-state index in [0.29, 0.717) is 91.6 Å². The van der Waals surface area contributed by atoms with Crippen LogP contribution in [0.5, 0.6) is 11.5 Å². The second-order valence-electron chi connectivity index (χ2n) is 22.0. The Morgan fingerprint density at radius 3 is 2.38 bits per heavy atom. The van der Waals surface area contributed by atoms with E-state index >= 15 is 4.39 Å². The molecule has 78 heavy (non-hydrogen) atoms. The molecule has 3 saturated heterocycles. The molecule has 1 saturated carbocycles. The Morgan fingerprint density at radius 2 is 1.62 bits per heavy atom. The first-order chi connectivity index (χ1) is 38.1. The lowest BCUT2D eigenvalue weighted by Gasteiger charge is -2.36. The van der Waals surface area contributed by atoms with Gasteiger partial charge in [0.05, 0.1) is 66.4 Å². The molecule has 0 spiro atoms. The number of nitrogens with one attached hydrogen (secondary N) is 3. The Kier molecular flexibility index (Phi) is 13.1. The smallest absolute Gasteiger partial charge is 0.407 e. The number of imidazole rings is 2. The largest absolute Gasteiger partial charge is 0.493 e. The predicted octanol–water partition coefficient (Wildman–Crippen LogP) is 10.3. The quantitative estimate of drug-likeness (QED) is 0.101. The maximum absolute atomic E-state index is 17.2. The van der Waals surface area contributed by atoms with Crippen LogP contribution in [0.15, 0.2) is 97.3 Å². The number of methoxy groups -OCH3 is 1. The zero-order chi connectivity index (χ0) is 53.3. The normalized spacial score (nSPS) is 23.2. The minimum Gasteiger partial charge on any atom is -0.493 e. The van der Waals surface area contributed by atoms with E-state index in [-0.39, 0.29) is 41.9 Å². The number of aromatic nitrogens is 5. The van der Waals surface area contributed by atoms with Crippen LogP contribution in [0.4, 0.5) is 9.18 Å². The maximum atomic E-state index is 17.2. The van der Waals surface area contributed by atoms with Gasteiger partial charge < -0.3 is 48.6 Å². The number of rotatable bonds is 13. The van der Waals surface area contributed by atoms with E-state index in [1.54, 1.807) is 11.1 Å². The fraction of sp³-hybridized carbons (Fsp3) is 0.426. The van der Waals surface area contributed by atoms with Gasteiger partial charge in [0.1, 0.15) is 41.0 Å². The van der Waals surface area contributed by atoms with Crippen LogP contribution in [0.1, 0.15) is 112 Å². The molecule has 0 bridgehead atoms. The van der Waals surface area contributed by atoms with Gasteiger partial charge in [-0.25, -0.2) is 19.2 Å². The Labute approximate surface area is 452 Å². The molecule has 16 nitrogen and oxygen atoms in total. The summed E-state index contributed by atoms with van der Waals surface area (Å²) in [5.74, 6) is 2.81. The number of piperidine rings is 1. The number of nitrogens with zero attached hydrogens (tertiary/aromatic N) is 6.